The molecule has 0 saturated carbocycles. The highest BCUT2D eigenvalue weighted by atomic mass is 16.3. The maximum absolute atomic E-state index is 11.9. The summed E-state index contributed by atoms with van der Waals surface area (Å²) in [5.74, 6) is 0.0557. The van der Waals surface area contributed by atoms with Crippen LogP contribution in [0, 0.1) is 20.8 Å². The van der Waals surface area contributed by atoms with Gasteiger partial charge in [-0.05, 0) is 19.4 Å². The minimum Gasteiger partial charge on any atom is -0.448 e. The van der Waals surface area contributed by atoms with Crippen molar-refractivity contribution in [1.29, 1.82) is 0 Å². The van der Waals surface area contributed by atoms with Crippen molar-refractivity contribution in [3.8, 4) is 0 Å². The highest BCUT2D eigenvalue weighted by Gasteiger charge is 2.13. The first-order valence-corrected chi connectivity index (χ1v) is 5.41. The smallest absolute Gasteiger partial charge is 0.277 e. The molecule has 1 amide bonds. The topological polar surface area (TPSA) is 88.0 Å². The Bertz CT molecular complexity index is 629. The summed E-state index contributed by atoms with van der Waals surface area (Å²) < 4.78 is 4.97. The fourth-order valence-electron chi connectivity index (χ4n) is 1.69. The molecule has 0 aliphatic carbocycles. The molecular formula is C12H13N3O3. The summed E-state index contributed by atoms with van der Waals surface area (Å²) >= 11 is 0. The third-order valence-corrected chi connectivity index (χ3v) is 2.52. The first-order chi connectivity index (χ1) is 8.47. The molecule has 0 fully saturated rings. The minimum absolute atomic E-state index is 0.194. The van der Waals surface area contributed by atoms with Gasteiger partial charge in [-0.25, -0.2) is 4.98 Å². The summed E-state index contributed by atoms with van der Waals surface area (Å²) in [6, 6.07) is 1.43. The average molecular weight is 247 g/mol. The summed E-state index contributed by atoms with van der Waals surface area (Å²) in [6.45, 7) is 5.14. The van der Waals surface area contributed by atoms with Crippen LogP contribution in [0.4, 0.5) is 5.69 Å². The summed E-state index contributed by atoms with van der Waals surface area (Å²) in [7, 11) is 0. The second-order valence-corrected chi connectivity index (χ2v) is 4.02. The van der Waals surface area contributed by atoms with Gasteiger partial charge in [0.2, 0.25) is 5.56 Å². The van der Waals surface area contributed by atoms with Crippen LogP contribution in [0.3, 0.4) is 0 Å². The number of carbonyl (C=O) groups excluding carboxylic acids is 1. The molecule has 0 aliphatic rings. The molecule has 2 aromatic heterocycles. The number of pyridine rings is 1. The molecule has 94 valence electrons. The zero-order valence-corrected chi connectivity index (χ0v) is 10.3. The number of H-pyrrole nitrogens is 1. The van der Waals surface area contributed by atoms with Crippen molar-refractivity contribution >= 4 is 11.6 Å². The van der Waals surface area contributed by atoms with Gasteiger partial charge in [0.05, 0.1) is 5.69 Å². The molecule has 0 spiro atoms. The van der Waals surface area contributed by atoms with Crippen molar-refractivity contribution in [2.45, 2.75) is 20.8 Å². The molecule has 18 heavy (non-hydrogen) atoms. The third kappa shape index (κ3) is 2.32. The van der Waals surface area contributed by atoms with Crippen LogP contribution in [-0.2, 0) is 0 Å². The lowest BCUT2D eigenvalue weighted by Gasteiger charge is -2.09. The molecule has 6 nitrogen and oxygen atoms in total. The molecule has 2 rings (SSSR count). The summed E-state index contributed by atoms with van der Waals surface area (Å²) in [6.07, 6.45) is 1.29. The number of rotatable bonds is 2. The molecule has 6 heteroatoms. The number of aromatic nitrogens is 2. The second kappa shape index (κ2) is 4.48. The predicted molar refractivity (Wildman–Crippen MR) is 65.7 cm³/mol. The predicted octanol–water partition coefficient (Wildman–Crippen LogP) is 1.54. The van der Waals surface area contributed by atoms with Crippen LogP contribution in [0.15, 0.2) is 21.5 Å². The number of carbonyl (C=O) groups is 1. The van der Waals surface area contributed by atoms with E-state index >= 15 is 0 Å². The first-order valence-electron chi connectivity index (χ1n) is 5.41. The Kier molecular flexibility index (Phi) is 3.01. The van der Waals surface area contributed by atoms with E-state index in [1.165, 1.54) is 12.3 Å². The van der Waals surface area contributed by atoms with Gasteiger partial charge < -0.3 is 14.7 Å². The van der Waals surface area contributed by atoms with Crippen LogP contribution in [0.5, 0.6) is 0 Å². The van der Waals surface area contributed by atoms with Crippen LogP contribution < -0.4 is 10.9 Å². The lowest BCUT2D eigenvalue weighted by atomic mass is 10.2. The Balaban J connectivity index is 2.30. The van der Waals surface area contributed by atoms with Crippen LogP contribution >= 0.6 is 0 Å². The van der Waals surface area contributed by atoms with E-state index < -0.39 is 0 Å². The molecule has 0 bridgehead atoms. The number of hydrogen-bond acceptors (Lipinski definition) is 4. The van der Waals surface area contributed by atoms with Crippen LogP contribution in [0.25, 0.3) is 0 Å². The molecular weight excluding hydrogens is 234 g/mol. The highest BCUT2D eigenvalue weighted by molar-refractivity contribution is 6.03. The SMILES string of the molecule is Cc1nc(C(=O)Nc2c(C)cc(=O)[nH]c2C)co1. The van der Waals surface area contributed by atoms with Crippen LogP contribution in [0.1, 0.15) is 27.6 Å². The lowest BCUT2D eigenvalue weighted by molar-refractivity contribution is 0.102. The molecule has 2 N–H and O–H groups in total. The van der Waals surface area contributed by atoms with E-state index in [0.29, 0.717) is 22.8 Å². The maximum atomic E-state index is 11.9. The molecule has 0 radical (unpaired) electrons. The summed E-state index contributed by atoms with van der Waals surface area (Å²) in [5, 5.41) is 2.70. The zero-order valence-electron chi connectivity index (χ0n) is 10.3. The van der Waals surface area contributed by atoms with E-state index in [1.54, 1.807) is 20.8 Å². The molecule has 0 saturated heterocycles. The van der Waals surface area contributed by atoms with Crippen molar-refractivity contribution in [1.82, 2.24) is 9.97 Å². The standard InChI is InChI=1S/C12H13N3O3/c1-6-4-10(16)13-7(2)11(6)15-12(17)9-5-18-8(3)14-9/h4-5H,1-3H3,(H,13,16)(H,15,17). The molecule has 0 aromatic carbocycles. The normalized spacial score (nSPS) is 10.4. The Labute approximate surface area is 103 Å². The Morgan fingerprint density at radius 3 is 2.67 bits per heavy atom. The van der Waals surface area contributed by atoms with Crippen molar-refractivity contribution in [3.63, 3.8) is 0 Å². The summed E-state index contributed by atoms with van der Waals surface area (Å²) in [5.41, 5.74) is 1.90. The zero-order chi connectivity index (χ0) is 13.3. The molecule has 0 aliphatic heterocycles. The van der Waals surface area contributed by atoms with Gasteiger partial charge in [-0.1, -0.05) is 0 Å². The largest absolute Gasteiger partial charge is 0.448 e. The van der Waals surface area contributed by atoms with Crippen molar-refractivity contribution < 1.29 is 9.21 Å². The quantitative estimate of drug-likeness (QED) is 0.842. The van der Waals surface area contributed by atoms with Crippen LogP contribution in [-0.4, -0.2) is 15.9 Å². The second-order valence-electron chi connectivity index (χ2n) is 4.02. The number of nitrogens with one attached hydrogen (secondary N) is 2. The highest BCUT2D eigenvalue weighted by Crippen LogP contribution is 2.16. The fourth-order valence-corrected chi connectivity index (χ4v) is 1.69. The van der Waals surface area contributed by atoms with Gasteiger partial charge in [0, 0.05) is 18.7 Å². The van der Waals surface area contributed by atoms with Gasteiger partial charge in [-0.15, -0.1) is 0 Å². The molecule has 0 unspecified atom stereocenters. The van der Waals surface area contributed by atoms with Gasteiger partial charge in [0.25, 0.3) is 5.91 Å². The maximum Gasteiger partial charge on any atom is 0.277 e. The minimum atomic E-state index is -0.370. The first kappa shape index (κ1) is 12.1. The monoisotopic (exact) mass is 247 g/mol. The van der Waals surface area contributed by atoms with Crippen LogP contribution in [0.2, 0.25) is 0 Å². The van der Waals surface area contributed by atoms with E-state index in [4.69, 9.17) is 4.42 Å². The van der Waals surface area contributed by atoms with E-state index in [1.807, 2.05) is 0 Å². The Morgan fingerprint density at radius 2 is 2.11 bits per heavy atom. The molecule has 0 atom stereocenters. The Hall–Kier alpha value is -2.37. The molecule has 2 aromatic rings. The average Bonchev–Trinajstić information content (AvgIpc) is 2.70. The van der Waals surface area contributed by atoms with E-state index in [-0.39, 0.29) is 17.2 Å². The van der Waals surface area contributed by atoms with E-state index in [2.05, 4.69) is 15.3 Å². The van der Waals surface area contributed by atoms with Gasteiger partial charge in [0.15, 0.2) is 11.6 Å². The van der Waals surface area contributed by atoms with E-state index in [9.17, 15) is 9.59 Å². The van der Waals surface area contributed by atoms with Gasteiger partial charge in [0.1, 0.15) is 6.26 Å². The number of aromatic amines is 1. The molecule has 2 heterocycles. The third-order valence-electron chi connectivity index (χ3n) is 2.52. The van der Waals surface area contributed by atoms with Gasteiger partial charge in [-0.3, -0.25) is 9.59 Å². The van der Waals surface area contributed by atoms with Crippen molar-refractivity contribution in [2.24, 2.45) is 0 Å². The summed E-state index contributed by atoms with van der Waals surface area (Å²) in [4.78, 5) is 29.7. The van der Waals surface area contributed by atoms with Gasteiger partial charge in [-0.2, -0.15) is 0 Å². The number of oxazole rings is 1. The fraction of sp³-hybridized carbons (Fsp3) is 0.250. The van der Waals surface area contributed by atoms with Crippen molar-refractivity contribution in [3.05, 3.63) is 45.5 Å². The number of aryl methyl sites for hydroxylation is 3. The van der Waals surface area contributed by atoms with Gasteiger partial charge >= 0.3 is 0 Å². The lowest BCUT2D eigenvalue weighted by Crippen LogP contribution is -2.17. The van der Waals surface area contributed by atoms with E-state index in [0.717, 1.165) is 0 Å². The number of hydrogen-bond donors (Lipinski definition) is 2. The number of amides is 1. The Morgan fingerprint density at radius 1 is 1.39 bits per heavy atom. The number of anilines is 1. The number of nitrogens with zero attached hydrogens (tertiary/aromatic N) is 1. The van der Waals surface area contributed by atoms with Crippen molar-refractivity contribution in [2.75, 3.05) is 5.32 Å².